The summed E-state index contributed by atoms with van der Waals surface area (Å²) in [6, 6.07) is 13.6. The lowest BCUT2D eigenvalue weighted by atomic mass is 10.2. The van der Waals surface area contributed by atoms with Crippen LogP contribution < -0.4 is 14.8 Å². The largest absolute Gasteiger partial charge is 0.495 e. The summed E-state index contributed by atoms with van der Waals surface area (Å²) in [5, 5.41) is 12.1. The molecule has 0 bridgehead atoms. The monoisotopic (exact) mass is 316 g/mol. The van der Waals surface area contributed by atoms with Crippen LogP contribution >= 0.6 is 11.6 Å². The molecule has 0 aliphatic carbocycles. The number of nitrogens with one attached hydrogen (secondary N) is 1. The molecule has 0 aliphatic heterocycles. The van der Waals surface area contributed by atoms with Gasteiger partial charge in [0, 0.05) is 5.02 Å². The molecule has 0 aliphatic rings. The quantitative estimate of drug-likeness (QED) is 0.919. The Hall–Kier alpha value is -2.71. The Kier molecular flexibility index (Phi) is 5.23. The minimum atomic E-state index is -0.381. The van der Waals surface area contributed by atoms with Gasteiger partial charge in [-0.2, -0.15) is 5.26 Å². The van der Waals surface area contributed by atoms with E-state index in [4.69, 9.17) is 26.3 Å². The molecule has 0 atom stereocenters. The van der Waals surface area contributed by atoms with E-state index < -0.39 is 0 Å². The maximum atomic E-state index is 11.9. The lowest BCUT2D eigenvalue weighted by Gasteiger charge is -2.11. The SMILES string of the molecule is COc1ccc(Cl)cc1NC(=O)COc1ccccc1C#N. The van der Waals surface area contributed by atoms with E-state index in [1.807, 2.05) is 6.07 Å². The van der Waals surface area contributed by atoms with Crippen molar-refractivity contribution in [3.05, 3.63) is 53.1 Å². The van der Waals surface area contributed by atoms with E-state index >= 15 is 0 Å². The summed E-state index contributed by atoms with van der Waals surface area (Å²) >= 11 is 5.90. The van der Waals surface area contributed by atoms with Crippen molar-refractivity contribution in [1.82, 2.24) is 0 Å². The van der Waals surface area contributed by atoms with Gasteiger partial charge in [0.15, 0.2) is 6.61 Å². The summed E-state index contributed by atoms with van der Waals surface area (Å²) in [5.74, 6) is 0.474. The van der Waals surface area contributed by atoms with Crippen LogP contribution in [0.25, 0.3) is 0 Å². The number of hydrogen-bond acceptors (Lipinski definition) is 4. The zero-order valence-electron chi connectivity index (χ0n) is 11.8. The highest BCUT2D eigenvalue weighted by Crippen LogP contribution is 2.27. The number of hydrogen-bond donors (Lipinski definition) is 1. The fourth-order valence-corrected chi connectivity index (χ4v) is 1.96. The van der Waals surface area contributed by atoms with Gasteiger partial charge >= 0.3 is 0 Å². The van der Waals surface area contributed by atoms with Crippen molar-refractivity contribution in [3.63, 3.8) is 0 Å². The molecular weight excluding hydrogens is 304 g/mol. The molecule has 6 heteroatoms. The number of ether oxygens (including phenoxy) is 2. The van der Waals surface area contributed by atoms with E-state index in [1.54, 1.807) is 42.5 Å². The maximum absolute atomic E-state index is 11.9. The molecule has 22 heavy (non-hydrogen) atoms. The number of methoxy groups -OCH3 is 1. The molecule has 0 aromatic heterocycles. The van der Waals surface area contributed by atoms with Crippen LogP contribution in [0.15, 0.2) is 42.5 Å². The molecule has 0 saturated carbocycles. The minimum absolute atomic E-state index is 0.228. The lowest BCUT2D eigenvalue weighted by Crippen LogP contribution is -2.20. The van der Waals surface area contributed by atoms with E-state index in [0.29, 0.717) is 27.8 Å². The highest BCUT2D eigenvalue weighted by atomic mass is 35.5. The van der Waals surface area contributed by atoms with Gasteiger partial charge in [0.2, 0.25) is 0 Å². The summed E-state index contributed by atoms with van der Waals surface area (Å²) in [6.07, 6.45) is 0. The summed E-state index contributed by atoms with van der Waals surface area (Å²) < 4.78 is 10.5. The van der Waals surface area contributed by atoms with Crippen LogP contribution in [0.1, 0.15) is 5.56 Å². The third-order valence-corrected chi connectivity index (χ3v) is 3.04. The number of halogens is 1. The maximum Gasteiger partial charge on any atom is 0.262 e. The molecule has 2 rings (SSSR count). The van der Waals surface area contributed by atoms with Gasteiger partial charge in [0.25, 0.3) is 5.91 Å². The van der Waals surface area contributed by atoms with Crippen LogP contribution in [0.3, 0.4) is 0 Å². The topological polar surface area (TPSA) is 71.3 Å². The van der Waals surface area contributed by atoms with Gasteiger partial charge in [0.05, 0.1) is 18.4 Å². The zero-order chi connectivity index (χ0) is 15.9. The Bertz CT molecular complexity index is 726. The molecule has 0 fully saturated rings. The Labute approximate surface area is 133 Å². The standard InChI is InChI=1S/C16H13ClN2O3/c1-21-15-7-6-12(17)8-13(15)19-16(20)10-22-14-5-3-2-4-11(14)9-18/h2-8H,10H2,1H3,(H,19,20). The number of amides is 1. The van der Waals surface area contributed by atoms with Gasteiger partial charge in [-0.25, -0.2) is 0 Å². The number of rotatable bonds is 5. The van der Waals surface area contributed by atoms with Gasteiger partial charge in [-0.15, -0.1) is 0 Å². The fourth-order valence-electron chi connectivity index (χ4n) is 1.79. The molecule has 112 valence electrons. The average molecular weight is 317 g/mol. The molecule has 0 spiro atoms. The molecule has 0 radical (unpaired) electrons. The van der Waals surface area contributed by atoms with E-state index in [-0.39, 0.29) is 12.5 Å². The number of benzene rings is 2. The zero-order valence-corrected chi connectivity index (χ0v) is 12.6. The van der Waals surface area contributed by atoms with Crippen molar-refractivity contribution in [2.75, 3.05) is 19.0 Å². The normalized spacial score (nSPS) is 9.68. The first-order valence-corrected chi connectivity index (χ1v) is 6.77. The third-order valence-electron chi connectivity index (χ3n) is 2.80. The summed E-state index contributed by atoms with van der Waals surface area (Å²) in [6.45, 7) is -0.228. The van der Waals surface area contributed by atoms with Crippen LogP contribution in [0.4, 0.5) is 5.69 Å². The lowest BCUT2D eigenvalue weighted by molar-refractivity contribution is -0.118. The summed E-state index contributed by atoms with van der Waals surface area (Å²) in [4.78, 5) is 11.9. The van der Waals surface area contributed by atoms with Crippen LogP contribution in [0, 0.1) is 11.3 Å². The van der Waals surface area contributed by atoms with Crippen LogP contribution in [-0.2, 0) is 4.79 Å². The van der Waals surface area contributed by atoms with Gasteiger partial charge in [0.1, 0.15) is 17.6 Å². The summed E-state index contributed by atoms with van der Waals surface area (Å²) in [7, 11) is 1.50. The Morgan fingerprint density at radius 3 is 2.77 bits per heavy atom. The molecule has 2 aromatic carbocycles. The fraction of sp³-hybridized carbons (Fsp3) is 0.125. The number of anilines is 1. The Balaban J connectivity index is 2.02. The van der Waals surface area contributed by atoms with Crippen LogP contribution in [0.5, 0.6) is 11.5 Å². The minimum Gasteiger partial charge on any atom is -0.495 e. The number of nitrogens with zero attached hydrogens (tertiary/aromatic N) is 1. The number of carbonyl (C=O) groups excluding carboxylic acids is 1. The predicted octanol–water partition coefficient (Wildman–Crippen LogP) is 3.24. The third kappa shape index (κ3) is 3.90. The van der Waals surface area contributed by atoms with Crippen molar-refractivity contribution in [3.8, 4) is 17.6 Å². The first-order chi connectivity index (χ1) is 10.6. The van der Waals surface area contributed by atoms with Crippen LogP contribution in [-0.4, -0.2) is 19.6 Å². The van der Waals surface area contributed by atoms with E-state index in [0.717, 1.165) is 0 Å². The molecule has 2 aromatic rings. The number of nitriles is 1. The summed E-state index contributed by atoms with van der Waals surface area (Å²) in [5.41, 5.74) is 0.827. The van der Waals surface area contributed by atoms with Gasteiger partial charge in [-0.1, -0.05) is 23.7 Å². The number of carbonyl (C=O) groups is 1. The molecule has 5 nitrogen and oxygen atoms in total. The average Bonchev–Trinajstić information content (AvgIpc) is 2.53. The Morgan fingerprint density at radius 1 is 1.27 bits per heavy atom. The van der Waals surface area contributed by atoms with Crippen molar-refractivity contribution >= 4 is 23.2 Å². The van der Waals surface area contributed by atoms with Gasteiger partial charge in [-0.05, 0) is 30.3 Å². The van der Waals surface area contributed by atoms with Gasteiger partial charge in [-0.3, -0.25) is 4.79 Å². The van der Waals surface area contributed by atoms with Crippen molar-refractivity contribution in [2.24, 2.45) is 0 Å². The molecule has 1 N–H and O–H groups in total. The van der Waals surface area contributed by atoms with Crippen molar-refractivity contribution in [2.45, 2.75) is 0 Å². The van der Waals surface area contributed by atoms with Crippen molar-refractivity contribution < 1.29 is 14.3 Å². The first kappa shape index (κ1) is 15.7. The first-order valence-electron chi connectivity index (χ1n) is 6.39. The second-order valence-electron chi connectivity index (χ2n) is 4.29. The molecule has 1 amide bonds. The van der Waals surface area contributed by atoms with E-state index in [9.17, 15) is 4.79 Å². The predicted molar refractivity (Wildman–Crippen MR) is 83.3 cm³/mol. The number of para-hydroxylation sites is 1. The molecule has 0 unspecified atom stereocenters. The van der Waals surface area contributed by atoms with Crippen LogP contribution in [0.2, 0.25) is 5.02 Å². The smallest absolute Gasteiger partial charge is 0.262 e. The Morgan fingerprint density at radius 2 is 2.05 bits per heavy atom. The highest BCUT2D eigenvalue weighted by Gasteiger charge is 2.10. The van der Waals surface area contributed by atoms with Crippen molar-refractivity contribution in [1.29, 1.82) is 5.26 Å². The highest BCUT2D eigenvalue weighted by molar-refractivity contribution is 6.31. The van der Waals surface area contributed by atoms with E-state index in [1.165, 1.54) is 7.11 Å². The molecule has 0 saturated heterocycles. The molecular formula is C16H13ClN2O3. The van der Waals surface area contributed by atoms with Gasteiger partial charge < -0.3 is 14.8 Å². The van der Waals surface area contributed by atoms with E-state index in [2.05, 4.69) is 5.32 Å². The molecule has 0 heterocycles. The second-order valence-corrected chi connectivity index (χ2v) is 4.73. The second kappa shape index (κ2) is 7.34.